The molecule has 1 aromatic carbocycles. The van der Waals surface area contributed by atoms with Gasteiger partial charge in [-0.25, -0.2) is 0 Å². The fourth-order valence-electron chi connectivity index (χ4n) is 1.62. The number of benzene rings is 1. The van der Waals surface area contributed by atoms with E-state index in [2.05, 4.69) is 5.32 Å². The zero-order valence-corrected chi connectivity index (χ0v) is 12.0. The highest BCUT2D eigenvalue weighted by atomic mass is 16.5. The summed E-state index contributed by atoms with van der Waals surface area (Å²) < 4.78 is 5.84. The number of aliphatic hydroxyl groups is 1. The lowest BCUT2D eigenvalue weighted by molar-refractivity contribution is -0.144. The molecule has 1 amide bonds. The van der Waals surface area contributed by atoms with E-state index < -0.39 is 11.7 Å². The summed E-state index contributed by atoms with van der Waals surface area (Å²) in [5.41, 5.74) is 0.375. The molecule has 19 heavy (non-hydrogen) atoms. The van der Waals surface area contributed by atoms with Crippen molar-refractivity contribution in [1.29, 1.82) is 0 Å². The third-order valence-electron chi connectivity index (χ3n) is 2.47. The van der Waals surface area contributed by atoms with Crippen LogP contribution in [-0.2, 0) is 9.53 Å². The van der Waals surface area contributed by atoms with Crippen LogP contribution < -0.4 is 5.32 Å². The van der Waals surface area contributed by atoms with Gasteiger partial charge in [-0.3, -0.25) is 4.79 Å². The van der Waals surface area contributed by atoms with Gasteiger partial charge in [-0.05, 0) is 33.3 Å². The number of amides is 1. The van der Waals surface area contributed by atoms with Crippen LogP contribution in [0.2, 0.25) is 0 Å². The molecule has 0 spiro atoms. The number of aliphatic hydroxyl groups excluding tert-OH is 1. The Morgan fingerprint density at radius 2 is 1.89 bits per heavy atom. The molecule has 0 radical (unpaired) electrons. The van der Waals surface area contributed by atoms with E-state index in [0.717, 1.165) is 5.56 Å². The van der Waals surface area contributed by atoms with E-state index >= 15 is 0 Å². The summed E-state index contributed by atoms with van der Waals surface area (Å²) in [4.78, 5) is 12.2. The fourth-order valence-corrected chi connectivity index (χ4v) is 1.62. The molecule has 1 aromatic rings. The van der Waals surface area contributed by atoms with E-state index in [1.807, 2.05) is 51.1 Å². The average molecular weight is 265 g/mol. The largest absolute Gasteiger partial charge is 0.394 e. The Labute approximate surface area is 114 Å². The van der Waals surface area contributed by atoms with Gasteiger partial charge in [0.05, 0.1) is 12.2 Å². The molecule has 4 nitrogen and oxygen atoms in total. The quantitative estimate of drug-likeness (QED) is 0.856. The highest BCUT2D eigenvalue weighted by molar-refractivity contribution is 5.82. The standard InChI is InChI=1S/C15H23NO3/c1-11(10-17)16-14(18)13(19-15(2,3)4)12-8-6-5-7-9-12/h5-9,11,13,17H,10H2,1-4H3,(H,16,18)/t11-,13+/m1/s1. The van der Waals surface area contributed by atoms with Gasteiger partial charge in [0.25, 0.3) is 5.91 Å². The van der Waals surface area contributed by atoms with Gasteiger partial charge in [-0.2, -0.15) is 0 Å². The van der Waals surface area contributed by atoms with Crippen molar-refractivity contribution in [3.05, 3.63) is 35.9 Å². The molecule has 0 aromatic heterocycles. The zero-order valence-electron chi connectivity index (χ0n) is 12.0. The predicted molar refractivity (Wildman–Crippen MR) is 74.7 cm³/mol. The molecule has 4 heteroatoms. The summed E-state index contributed by atoms with van der Waals surface area (Å²) in [6.07, 6.45) is -0.671. The first-order valence-electron chi connectivity index (χ1n) is 6.47. The Morgan fingerprint density at radius 1 is 1.32 bits per heavy atom. The van der Waals surface area contributed by atoms with Crippen LogP contribution in [0.4, 0.5) is 0 Å². The Hall–Kier alpha value is -1.39. The van der Waals surface area contributed by atoms with Gasteiger partial charge in [0, 0.05) is 6.04 Å². The molecule has 0 unspecified atom stereocenters. The van der Waals surface area contributed by atoms with Crippen molar-refractivity contribution in [3.8, 4) is 0 Å². The van der Waals surface area contributed by atoms with Gasteiger partial charge in [0.15, 0.2) is 6.10 Å². The van der Waals surface area contributed by atoms with Crippen LogP contribution in [0.1, 0.15) is 39.4 Å². The molecule has 2 atom stereocenters. The number of carbonyl (C=O) groups excluding carboxylic acids is 1. The summed E-state index contributed by atoms with van der Waals surface area (Å²) in [6.45, 7) is 7.38. The van der Waals surface area contributed by atoms with Crippen LogP contribution in [-0.4, -0.2) is 29.3 Å². The summed E-state index contributed by atoms with van der Waals surface area (Å²) in [6, 6.07) is 9.07. The molecule has 0 saturated heterocycles. The predicted octanol–water partition coefficient (Wildman–Crippen LogP) is 2.04. The Morgan fingerprint density at radius 3 is 2.37 bits per heavy atom. The van der Waals surface area contributed by atoms with Gasteiger partial charge >= 0.3 is 0 Å². The van der Waals surface area contributed by atoms with Crippen LogP contribution in [0.3, 0.4) is 0 Å². The van der Waals surface area contributed by atoms with Crippen molar-refractivity contribution in [2.45, 2.75) is 45.4 Å². The van der Waals surface area contributed by atoms with Gasteiger partial charge in [-0.15, -0.1) is 0 Å². The number of rotatable bonds is 5. The fraction of sp³-hybridized carbons (Fsp3) is 0.533. The molecule has 2 N–H and O–H groups in total. The lowest BCUT2D eigenvalue weighted by atomic mass is 10.1. The minimum atomic E-state index is -0.671. The van der Waals surface area contributed by atoms with E-state index in [0.29, 0.717) is 0 Å². The van der Waals surface area contributed by atoms with Crippen molar-refractivity contribution in [3.63, 3.8) is 0 Å². The molecule has 0 fully saturated rings. The van der Waals surface area contributed by atoms with Gasteiger partial charge in [-0.1, -0.05) is 30.3 Å². The first-order chi connectivity index (χ1) is 8.83. The van der Waals surface area contributed by atoms with Gasteiger partial charge in [0.1, 0.15) is 0 Å². The zero-order chi connectivity index (χ0) is 14.5. The highest BCUT2D eigenvalue weighted by Crippen LogP contribution is 2.24. The molecule has 106 valence electrons. The number of carbonyl (C=O) groups is 1. The van der Waals surface area contributed by atoms with Crippen molar-refractivity contribution in [2.24, 2.45) is 0 Å². The molecular weight excluding hydrogens is 242 g/mol. The highest BCUT2D eigenvalue weighted by Gasteiger charge is 2.27. The maximum atomic E-state index is 12.2. The lowest BCUT2D eigenvalue weighted by Gasteiger charge is -2.28. The number of ether oxygens (including phenoxy) is 1. The Kier molecular flexibility index (Phi) is 5.51. The molecule has 1 rings (SSSR count). The van der Waals surface area contributed by atoms with Crippen molar-refractivity contribution in [1.82, 2.24) is 5.32 Å². The van der Waals surface area contributed by atoms with E-state index in [9.17, 15) is 4.79 Å². The van der Waals surface area contributed by atoms with Gasteiger partial charge in [0.2, 0.25) is 0 Å². The summed E-state index contributed by atoms with van der Waals surface area (Å²) in [5.74, 6) is -0.234. The average Bonchev–Trinajstić information content (AvgIpc) is 2.35. The Balaban J connectivity index is 2.90. The number of hydrogen-bond acceptors (Lipinski definition) is 3. The van der Waals surface area contributed by atoms with Crippen LogP contribution in [0.15, 0.2) is 30.3 Å². The summed E-state index contributed by atoms with van der Waals surface area (Å²) in [7, 11) is 0. The first kappa shape index (κ1) is 15.7. The third kappa shape index (κ3) is 5.41. The second-order valence-corrected chi connectivity index (χ2v) is 5.61. The second-order valence-electron chi connectivity index (χ2n) is 5.61. The lowest BCUT2D eigenvalue weighted by Crippen LogP contribution is -2.41. The van der Waals surface area contributed by atoms with E-state index in [4.69, 9.17) is 9.84 Å². The molecule has 0 aliphatic rings. The van der Waals surface area contributed by atoms with Crippen LogP contribution in [0.25, 0.3) is 0 Å². The minimum absolute atomic E-state index is 0.0945. The molecule has 0 aliphatic carbocycles. The molecule has 0 aliphatic heterocycles. The van der Waals surface area contributed by atoms with Crippen molar-refractivity contribution in [2.75, 3.05) is 6.61 Å². The normalized spacial score (nSPS) is 14.8. The van der Waals surface area contributed by atoms with E-state index in [-0.39, 0.29) is 18.6 Å². The first-order valence-corrected chi connectivity index (χ1v) is 6.47. The van der Waals surface area contributed by atoms with Crippen molar-refractivity contribution < 1.29 is 14.6 Å². The summed E-state index contributed by atoms with van der Waals surface area (Å²) >= 11 is 0. The molecule has 0 heterocycles. The summed E-state index contributed by atoms with van der Waals surface area (Å²) in [5, 5.41) is 11.7. The number of hydrogen-bond donors (Lipinski definition) is 2. The van der Waals surface area contributed by atoms with Crippen LogP contribution in [0, 0.1) is 0 Å². The monoisotopic (exact) mass is 265 g/mol. The molecule has 0 saturated carbocycles. The number of nitrogens with one attached hydrogen (secondary N) is 1. The van der Waals surface area contributed by atoms with Crippen LogP contribution in [0.5, 0.6) is 0 Å². The second kappa shape index (κ2) is 6.68. The maximum absolute atomic E-state index is 12.2. The smallest absolute Gasteiger partial charge is 0.254 e. The molecule has 0 bridgehead atoms. The van der Waals surface area contributed by atoms with Crippen LogP contribution >= 0.6 is 0 Å². The topological polar surface area (TPSA) is 58.6 Å². The van der Waals surface area contributed by atoms with Crippen molar-refractivity contribution >= 4 is 5.91 Å². The van der Waals surface area contributed by atoms with Gasteiger partial charge < -0.3 is 15.2 Å². The minimum Gasteiger partial charge on any atom is -0.394 e. The SMILES string of the molecule is C[C@H](CO)NC(=O)[C@@H](OC(C)(C)C)c1ccccc1. The van der Waals surface area contributed by atoms with E-state index in [1.165, 1.54) is 0 Å². The van der Waals surface area contributed by atoms with E-state index in [1.54, 1.807) is 6.92 Å². The third-order valence-corrected chi connectivity index (χ3v) is 2.47. The molecular formula is C15H23NO3. The Bertz CT molecular complexity index is 398. The maximum Gasteiger partial charge on any atom is 0.254 e.